The Morgan fingerprint density at radius 1 is 1.50 bits per heavy atom. The number of aliphatic hydroxyl groups excluding tert-OH is 1. The molecule has 0 saturated heterocycles. The Bertz CT molecular complexity index is 132. The van der Waals surface area contributed by atoms with E-state index in [1.54, 1.807) is 0 Å². The van der Waals surface area contributed by atoms with Gasteiger partial charge in [0.25, 0.3) is 0 Å². The van der Waals surface area contributed by atoms with Gasteiger partial charge in [-0.3, -0.25) is 4.79 Å². The highest BCUT2D eigenvalue weighted by atomic mass is 16.5. The highest BCUT2D eigenvalue weighted by Gasteiger charge is 2.00. The minimum absolute atomic E-state index is 0.0988. The molecule has 1 N–H and O–H groups in total. The Morgan fingerprint density at radius 2 is 2.25 bits per heavy atom. The SMILES string of the molecule is C=CCCCCC(=O)OCCO. The Hall–Kier alpha value is -0.830. The van der Waals surface area contributed by atoms with E-state index >= 15 is 0 Å². The monoisotopic (exact) mass is 172 g/mol. The van der Waals surface area contributed by atoms with Crippen LogP contribution >= 0.6 is 0 Å². The number of ether oxygens (including phenoxy) is 1. The van der Waals surface area contributed by atoms with E-state index in [-0.39, 0.29) is 19.2 Å². The summed E-state index contributed by atoms with van der Waals surface area (Å²) in [6, 6.07) is 0. The second-order valence-electron chi connectivity index (χ2n) is 2.48. The van der Waals surface area contributed by atoms with Crippen LogP contribution in [0.5, 0.6) is 0 Å². The van der Waals surface area contributed by atoms with E-state index < -0.39 is 0 Å². The summed E-state index contributed by atoms with van der Waals surface area (Å²) in [4.78, 5) is 10.8. The van der Waals surface area contributed by atoms with Crippen molar-refractivity contribution < 1.29 is 14.6 Å². The molecular formula is C9H16O3. The summed E-state index contributed by atoms with van der Waals surface area (Å²) >= 11 is 0. The van der Waals surface area contributed by atoms with Gasteiger partial charge in [-0.1, -0.05) is 6.08 Å². The van der Waals surface area contributed by atoms with Crippen molar-refractivity contribution in [3.8, 4) is 0 Å². The van der Waals surface area contributed by atoms with E-state index in [1.807, 2.05) is 6.08 Å². The number of unbranched alkanes of at least 4 members (excludes halogenated alkanes) is 2. The molecular weight excluding hydrogens is 156 g/mol. The van der Waals surface area contributed by atoms with Crippen molar-refractivity contribution in [2.75, 3.05) is 13.2 Å². The van der Waals surface area contributed by atoms with Gasteiger partial charge in [0, 0.05) is 6.42 Å². The van der Waals surface area contributed by atoms with E-state index in [9.17, 15) is 4.79 Å². The Balaban J connectivity index is 3.13. The molecule has 0 heterocycles. The fraction of sp³-hybridized carbons (Fsp3) is 0.667. The van der Waals surface area contributed by atoms with Crippen molar-refractivity contribution in [2.24, 2.45) is 0 Å². The molecule has 0 atom stereocenters. The zero-order chi connectivity index (χ0) is 9.23. The molecule has 0 amide bonds. The molecule has 0 aromatic carbocycles. The molecule has 12 heavy (non-hydrogen) atoms. The smallest absolute Gasteiger partial charge is 0.305 e. The summed E-state index contributed by atoms with van der Waals surface area (Å²) in [5.41, 5.74) is 0. The maximum Gasteiger partial charge on any atom is 0.305 e. The van der Waals surface area contributed by atoms with Gasteiger partial charge in [0.05, 0.1) is 6.61 Å². The first-order chi connectivity index (χ1) is 5.81. The molecule has 0 aliphatic heterocycles. The van der Waals surface area contributed by atoms with Gasteiger partial charge in [-0.05, 0) is 19.3 Å². The predicted octanol–water partition coefficient (Wildman–Crippen LogP) is 1.27. The molecule has 0 fully saturated rings. The molecule has 0 bridgehead atoms. The van der Waals surface area contributed by atoms with Gasteiger partial charge < -0.3 is 9.84 Å². The number of allylic oxidation sites excluding steroid dienone is 1. The number of hydrogen-bond donors (Lipinski definition) is 1. The Kier molecular flexibility index (Phi) is 7.70. The minimum Gasteiger partial charge on any atom is -0.463 e. The lowest BCUT2D eigenvalue weighted by Gasteiger charge is -2.01. The van der Waals surface area contributed by atoms with Crippen LogP contribution in [-0.4, -0.2) is 24.3 Å². The average Bonchev–Trinajstić information content (AvgIpc) is 2.09. The van der Waals surface area contributed by atoms with E-state index in [1.165, 1.54) is 0 Å². The summed E-state index contributed by atoms with van der Waals surface area (Å²) in [5.74, 6) is -0.229. The lowest BCUT2D eigenvalue weighted by Crippen LogP contribution is -2.07. The largest absolute Gasteiger partial charge is 0.463 e. The first kappa shape index (κ1) is 11.2. The van der Waals surface area contributed by atoms with Crippen LogP contribution in [0.15, 0.2) is 12.7 Å². The van der Waals surface area contributed by atoms with Gasteiger partial charge >= 0.3 is 5.97 Å². The van der Waals surface area contributed by atoms with E-state index in [0.717, 1.165) is 19.3 Å². The van der Waals surface area contributed by atoms with Crippen LogP contribution in [0.1, 0.15) is 25.7 Å². The zero-order valence-corrected chi connectivity index (χ0v) is 7.29. The number of carbonyl (C=O) groups excluding carboxylic acids is 1. The van der Waals surface area contributed by atoms with Crippen LogP contribution in [0.3, 0.4) is 0 Å². The highest BCUT2D eigenvalue weighted by Crippen LogP contribution is 2.01. The van der Waals surface area contributed by atoms with Crippen LogP contribution in [0.4, 0.5) is 0 Å². The number of hydrogen-bond acceptors (Lipinski definition) is 3. The van der Waals surface area contributed by atoms with E-state index in [2.05, 4.69) is 11.3 Å². The maximum atomic E-state index is 10.8. The van der Waals surface area contributed by atoms with Crippen LogP contribution < -0.4 is 0 Å². The maximum absolute atomic E-state index is 10.8. The van der Waals surface area contributed by atoms with Gasteiger partial charge in [0.2, 0.25) is 0 Å². The number of aliphatic hydroxyl groups is 1. The molecule has 0 radical (unpaired) electrons. The normalized spacial score (nSPS) is 9.42. The molecule has 0 rings (SSSR count). The van der Waals surface area contributed by atoms with Crippen molar-refractivity contribution >= 4 is 5.97 Å². The van der Waals surface area contributed by atoms with Gasteiger partial charge in [-0.2, -0.15) is 0 Å². The first-order valence-corrected chi connectivity index (χ1v) is 4.18. The van der Waals surface area contributed by atoms with Crippen molar-refractivity contribution in [3.63, 3.8) is 0 Å². The lowest BCUT2D eigenvalue weighted by molar-refractivity contribution is -0.144. The highest BCUT2D eigenvalue weighted by molar-refractivity contribution is 5.69. The third kappa shape index (κ3) is 7.28. The fourth-order valence-corrected chi connectivity index (χ4v) is 0.790. The van der Waals surface area contributed by atoms with Crippen LogP contribution in [0.25, 0.3) is 0 Å². The number of esters is 1. The van der Waals surface area contributed by atoms with Crippen molar-refractivity contribution in [1.29, 1.82) is 0 Å². The summed E-state index contributed by atoms with van der Waals surface area (Å²) < 4.78 is 4.66. The summed E-state index contributed by atoms with van der Waals surface area (Å²) in [6.07, 6.45) is 5.01. The van der Waals surface area contributed by atoms with Crippen LogP contribution in [0.2, 0.25) is 0 Å². The van der Waals surface area contributed by atoms with Crippen molar-refractivity contribution in [2.45, 2.75) is 25.7 Å². The van der Waals surface area contributed by atoms with E-state index in [4.69, 9.17) is 5.11 Å². The molecule has 0 aromatic rings. The van der Waals surface area contributed by atoms with Gasteiger partial charge in [0.1, 0.15) is 6.61 Å². The van der Waals surface area contributed by atoms with Gasteiger partial charge in [-0.25, -0.2) is 0 Å². The van der Waals surface area contributed by atoms with E-state index in [0.29, 0.717) is 6.42 Å². The molecule has 0 aromatic heterocycles. The predicted molar refractivity (Wildman–Crippen MR) is 46.7 cm³/mol. The molecule has 0 aliphatic carbocycles. The third-order valence-electron chi connectivity index (χ3n) is 1.39. The first-order valence-electron chi connectivity index (χ1n) is 4.18. The summed E-state index contributed by atoms with van der Waals surface area (Å²) in [7, 11) is 0. The quantitative estimate of drug-likeness (QED) is 0.357. The minimum atomic E-state index is -0.229. The lowest BCUT2D eigenvalue weighted by atomic mass is 10.2. The Morgan fingerprint density at radius 3 is 2.83 bits per heavy atom. The average molecular weight is 172 g/mol. The fourth-order valence-electron chi connectivity index (χ4n) is 0.790. The van der Waals surface area contributed by atoms with Gasteiger partial charge in [-0.15, -0.1) is 6.58 Å². The molecule has 3 nitrogen and oxygen atoms in total. The molecule has 0 saturated carbocycles. The molecule has 0 unspecified atom stereocenters. The van der Waals surface area contributed by atoms with Gasteiger partial charge in [0.15, 0.2) is 0 Å². The zero-order valence-electron chi connectivity index (χ0n) is 7.29. The third-order valence-corrected chi connectivity index (χ3v) is 1.39. The standard InChI is InChI=1S/C9H16O3/c1-2-3-4-5-6-9(11)12-8-7-10/h2,10H,1,3-8H2. The Labute approximate surface area is 73.0 Å². The van der Waals surface area contributed by atoms with Crippen LogP contribution in [-0.2, 0) is 9.53 Å². The topological polar surface area (TPSA) is 46.5 Å². The molecule has 0 spiro atoms. The van der Waals surface area contributed by atoms with Crippen molar-refractivity contribution in [1.82, 2.24) is 0 Å². The second kappa shape index (κ2) is 8.27. The second-order valence-corrected chi connectivity index (χ2v) is 2.48. The molecule has 0 aliphatic rings. The summed E-state index contributed by atoms with van der Waals surface area (Å²) in [6.45, 7) is 3.59. The number of rotatable bonds is 7. The molecule has 3 heteroatoms. The molecule has 70 valence electrons. The summed E-state index contributed by atoms with van der Waals surface area (Å²) in [5, 5.41) is 8.33. The van der Waals surface area contributed by atoms with Crippen molar-refractivity contribution in [3.05, 3.63) is 12.7 Å². The van der Waals surface area contributed by atoms with Crippen LogP contribution in [0, 0.1) is 0 Å². The number of carbonyl (C=O) groups is 1.